The molecule has 0 fully saturated rings. The van der Waals surface area contributed by atoms with Crippen LogP contribution in [0.25, 0.3) is 11.3 Å². The van der Waals surface area contributed by atoms with E-state index in [1.54, 1.807) is 43.0 Å². The number of anilines is 1. The van der Waals surface area contributed by atoms with E-state index in [0.717, 1.165) is 11.1 Å². The minimum Gasteiger partial charge on any atom is -0.465 e. The van der Waals surface area contributed by atoms with Gasteiger partial charge in [-0.2, -0.15) is 5.10 Å². The number of nitrogens with zero attached hydrogens (tertiary/aromatic N) is 3. The summed E-state index contributed by atoms with van der Waals surface area (Å²) in [6.45, 7) is 1.96. The summed E-state index contributed by atoms with van der Waals surface area (Å²) in [6, 6.07) is 14.2. The zero-order valence-electron chi connectivity index (χ0n) is 17.3. The minimum absolute atomic E-state index is 0.0646. The largest absolute Gasteiger partial charge is 0.465 e. The number of nitrogens with one attached hydrogen (secondary N) is 2. The molecule has 2 heterocycles. The molecule has 0 bridgehead atoms. The molecule has 0 saturated heterocycles. The highest BCUT2D eigenvalue weighted by molar-refractivity contribution is 6.29. The standard InChI is InChI=1S/C22H24ClN5O3/c1-3-31-21(29)14-25-18(11-15-7-5-4-6-8-15)22(30)26-20-13-17(27-28(20)2)16-9-10-24-19(23)12-16/h4-10,12-13,18,25H,3,11,14H2,1-2H3,(H,26,30). The lowest BCUT2D eigenvalue weighted by atomic mass is 10.1. The van der Waals surface area contributed by atoms with E-state index in [1.807, 2.05) is 30.3 Å². The summed E-state index contributed by atoms with van der Waals surface area (Å²) >= 11 is 5.97. The van der Waals surface area contributed by atoms with E-state index in [0.29, 0.717) is 23.1 Å². The van der Waals surface area contributed by atoms with Gasteiger partial charge in [-0.05, 0) is 31.0 Å². The molecule has 0 saturated carbocycles. The normalized spacial score (nSPS) is 11.7. The van der Waals surface area contributed by atoms with Gasteiger partial charge >= 0.3 is 5.97 Å². The van der Waals surface area contributed by atoms with Crippen LogP contribution in [-0.2, 0) is 27.8 Å². The van der Waals surface area contributed by atoms with Crippen molar-refractivity contribution in [1.82, 2.24) is 20.1 Å². The molecule has 2 N–H and O–H groups in total. The third-order valence-corrected chi connectivity index (χ3v) is 4.76. The van der Waals surface area contributed by atoms with Crippen LogP contribution >= 0.6 is 11.6 Å². The van der Waals surface area contributed by atoms with E-state index in [-0.39, 0.29) is 19.1 Å². The second-order valence-electron chi connectivity index (χ2n) is 6.82. The quantitative estimate of drug-likeness (QED) is 0.391. The van der Waals surface area contributed by atoms with Gasteiger partial charge in [0.1, 0.15) is 11.0 Å². The van der Waals surface area contributed by atoms with Crippen molar-refractivity contribution in [2.45, 2.75) is 19.4 Å². The van der Waals surface area contributed by atoms with Crippen LogP contribution in [0.1, 0.15) is 12.5 Å². The number of halogens is 1. The SMILES string of the molecule is CCOC(=O)CNC(Cc1ccccc1)C(=O)Nc1cc(-c2ccnc(Cl)c2)nn1C. The highest BCUT2D eigenvalue weighted by atomic mass is 35.5. The van der Waals surface area contributed by atoms with Gasteiger partial charge in [0.15, 0.2) is 0 Å². The average molecular weight is 442 g/mol. The number of hydrogen-bond acceptors (Lipinski definition) is 6. The summed E-state index contributed by atoms with van der Waals surface area (Å²) in [5, 5.41) is 10.7. The summed E-state index contributed by atoms with van der Waals surface area (Å²) in [4.78, 5) is 28.8. The fraction of sp³-hybridized carbons (Fsp3) is 0.273. The predicted octanol–water partition coefficient (Wildman–Crippen LogP) is 2.84. The molecular formula is C22H24ClN5O3. The van der Waals surface area contributed by atoms with Crippen LogP contribution in [0.15, 0.2) is 54.7 Å². The maximum atomic E-state index is 13.0. The lowest BCUT2D eigenvalue weighted by Crippen LogP contribution is -2.44. The summed E-state index contributed by atoms with van der Waals surface area (Å²) in [6.07, 6.45) is 2.01. The number of amides is 1. The van der Waals surface area contributed by atoms with Crippen molar-refractivity contribution in [3.05, 3.63) is 65.4 Å². The molecule has 0 aliphatic rings. The van der Waals surface area contributed by atoms with Gasteiger partial charge < -0.3 is 10.1 Å². The number of benzene rings is 1. The molecule has 1 unspecified atom stereocenters. The molecule has 8 nitrogen and oxygen atoms in total. The Labute approximate surface area is 185 Å². The molecule has 0 aliphatic heterocycles. The second-order valence-corrected chi connectivity index (χ2v) is 7.21. The van der Waals surface area contributed by atoms with Crippen LogP contribution in [0, 0.1) is 0 Å². The molecule has 3 aromatic rings. The van der Waals surface area contributed by atoms with Crippen molar-refractivity contribution < 1.29 is 14.3 Å². The van der Waals surface area contributed by atoms with E-state index in [2.05, 4.69) is 20.7 Å². The molecule has 1 amide bonds. The predicted molar refractivity (Wildman–Crippen MR) is 119 cm³/mol. The van der Waals surface area contributed by atoms with Gasteiger partial charge in [-0.1, -0.05) is 41.9 Å². The number of rotatable bonds is 9. The Morgan fingerprint density at radius 3 is 2.68 bits per heavy atom. The van der Waals surface area contributed by atoms with Crippen LogP contribution in [-0.4, -0.2) is 45.8 Å². The van der Waals surface area contributed by atoms with E-state index >= 15 is 0 Å². The van der Waals surface area contributed by atoms with Crippen molar-refractivity contribution >= 4 is 29.3 Å². The monoisotopic (exact) mass is 441 g/mol. The summed E-state index contributed by atoms with van der Waals surface area (Å²) in [5.74, 6) is -0.176. The van der Waals surface area contributed by atoms with Gasteiger partial charge in [-0.15, -0.1) is 0 Å². The Kier molecular flexibility index (Phi) is 7.75. The number of aromatic nitrogens is 3. The van der Waals surface area contributed by atoms with Gasteiger partial charge in [0.2, 0.25) is 5.91 Å². The Hall–Kier alpha value is -3.23. The fourth-order valence-corrected chi connectivity index (χ4v) is 3.20. The third-order valence-electron chi connectivity index (χ3n) is 4.55. The molecule has 9 heteroatoms. The first kappa shape index (κ1) is 22.5. The molecule has 31 heavy (non-hydrogen) atoms. The Bertz CT molecular complexity index is 1040. The average Bonchev–Trinajstić information content (AvgIpc) is 3.12. The number of esters is 1. The first-order valence-corrected chi connectivity index (χ1v) is 10.2. The van der Waals surface area contributed by atoms with Crippen LogP contribution in [0.3, 0.4) is 0 Å². The van der Waals surface area contributed by atoms with Gasteiger partial charge in [-0.25, -0.2) is 4.98 Å². The number of hydrogen-bond donors (Lipinski definition) is 2. The molecule has 0 aliphatic carbocycles. The van der Waals surface area contributed by atoms with Gasteiger partial charge in [-0.3, -0.25) is 19.6 Å². The fourth-order valence-electron chi connectivity index (χ4n) is 3.03. The maximum absolute atomic E-state index is 13.0. The zero-order chi connectivity index (χ0) is 22.2. The van der Waals surface area contributed by atoms with Gasteiger partial charge in [0.05, 0.1) is 24.9 Å². The van der Waals surface area contributed by atoms with E-state index in [4.69, 9.17) is 16.3 Å². The molecule has 1 aromatic carbocycles. The van der Waals surface area contributed by atoms with Crippen molar-refractivity contribution in [1.29, 1.82) is 0 Å². The van der Waals surface area contributed by atoms with Crippen molar-refractivity contribution in [3.63, 3.8) is 0 Å². The highest BCUT2D eigenvalue weighted by Gasteiger charge is 2.21. The van der Waals surface area contributed by atoms with E-state index in [1.165, 1.54) is 0 Å². The first-order valence-electron chi connectivity index (χ1n) is 9.86. The van der Waals surface area contributed by atoms with Crippen LogP contribution < -0.4 is 10.6 Å². The van der Waals surface area contributed by atoms with Crippen LogP contribution in [0.5, 0.6) is 0 Å². The molecule has 162 valence electrons. The zero-order valence-corrected chi connectivity index (χ0v) is 18.1. The molecule has 1 atom stereocenters. The topological polar surface area (TPSA) is 98.1 Å². The summed E-state index contributed by atoms with van der Waals surface area (Å²) in [7, 11) is 1.74. The molecule has 2 aromatic heterocycles. The van der Waals surface area contributed by atoms with Crippen molar-refractivity contribution in [2.75, 3.05) is 18.5 Å². The number of carbonyl (C=O) groups is 2. The summed E-state index contributed by atoms with van der Waals surface area (Å²) < 4.78 is 6.53. The number of ether oxygens (including phenoxy) is 1. The first-order chi connectivity index (χ1) is 15.0. The smallest absolute Gasteiger partial charge is 0.319 e. The van der Waals surface area contributed by atoms with E-state index in [9.17, 15) is 9.59 Å². The minimum atomic E-state index is -0.638. The second kappa shape index (κ2) is 10.7. The number of pyridine rings is 1. The molecule has 0 spiro atoms. The Morgan fingerprint density at radius 2 is 1.97 bits per heavy atom. The molecule has 0 radical (unpaired) electrons. The molecule has 3 rings (SSSR count). The Morgan fingerprint density at radius 1 is 1.19 bits per heavy atom. The van der Waals surface area contributed by atoms with E-state index < -0.39 is 12.0 Å². The Balaban J connectivity index is 1.75. The van der Waals surface area contributed by atoms with Crippen LogP contribution in [0.2, 0.25) is 5.15 Å². The lowest BCUT2D eigenvalue weighted by Gasteiger charge is -2.18. The van der Waals surface area contributed by atoms with Gasteiger partial charge in [0.25, 0.3) is 0 Å². The van der Waals surface area contributed by atoms with Crippen LogP contribution in [0.4, 0.5) is 5.82 Å². The maximum Gasteiger partial charge on any atom is 0.319 e. The molecular weight excluding hydrogens is 418 g/mol. The number of carbonyl (C=O) groups excluding carboxylic acids is 2. The lowest BCUT2D eigenvalue weighted by molar-refractivity contribution is -0.142. The number of aryl methyl sites for hydroxylation is 1. The third kappa shape index (κ3) is 6.37. The summed E-state index contributed by atoms with van der Waals surface area (Å²) in [5.41, 5.74) is 2.41. The van der Waals surface area contributed by atoms with Crippen molar-refractivity contribution in [2.24, 2.45) is 7.05 Å². The van der Waals surface area contributed by atoms with Crippen molar-refractivity contribution in [3.8, 4) is 11.3 Å². The highest BCUT2D eigenvalue weighted by Crippen LogP contribution is 2.23. The van der Waals surface area contributed by atoms with Gasteiger partial charge in [0, 0.05) is 24.9 Å².